The van der Waals surface area contributed by atoms with Crippen LogP contribution in [0.2, 0.25) is 0 Å². The first-order valence-electron chi connectivity index (χ1n) is 6.76. The van der Waals surface area contributed by atoms with Gasteiger partial charge in [0.05, 0.1) is 20.5 Å². The first-order chi connectivity index (χ1) is 9.80. The minimum Gasteiger partial charge on any atom is -0.493 e. The molecular weight excluding hydrogens is 254 g/mol. The van der Waals surface area contributed by atoms with Gasteiger partial charge < -0.3 is 19.2 Å². The quantitative estimate of drug-likeness (QED) is 0.842. The van der Waals surface area contributed by atoms with Gasteiger partial charge in [0.1, 0.15) is 5.76 Å². The van der Waals surface area contributed by atoms with E-state index in [0.717, 1.165) is 35.8 Å². The maximum atomic E-state index is 5.52. The summed E-state index contributed by atoms with van der Waals surface area (Å²) in [6.45, 7) is 2.95. The number of para-hydroxylation sites is 1. The van der Waals surface area contributed by atoms with Crippen LogP contribution in [0.3, 0.4) is 0 Å². The van der Waals surface area contributed by atoms with Crippen molar-refractivity contribution in [1.29, 1.82) is 0 Å². The molecular formula is C16H21NO3. The van der Waals surface area contributed by atoms with Gasteiger partial charge in [0.15, 0.2) is 11.5 Å². The average molecular weight is 275 g/mol. The fraction of sp³-hybridized carbons (Fsp3) is 0.375. The fourth-order valence-electron chi connectivity index (χ4n) is 2.35. The van der Waals surface area contributed by atoms with Crippen molar-refractivity contribution in [3.63, 3.8) is 0 Å². The Kier molecular flexibility index (Phi) is 5.07. The van der Waals surface area contributed by atoms with Gasteiger partial charge in [-0.25, -0.2) is 0 Å². The Morgan fingerprint density at radius 1 is 1.15 bits per heavy atom. The minimum atomic E-state index is 0.121. The highest BCUT2D eigenvalue weighted by Crippen LogP contribution is 2.35. The van der Waals surface area contributed by atoms with Crippen molar-refractivity contribution in [2.24, 2.45) is 0 Å². The molecule has 2 rings (SSSR count). The highest BCUT2D eigenvalue weighted by molar-refractivity contribution is 5.48. The topological polar surface area (TPSA) is 43.6 Å². The molecule has 0 aliphatic heterocycles. The predicted molar refractivity (Wildman–Crippen MR) is 78.4 cm³/mol. The van der Waals surface area contributed by atoms with Gasteiger partial charge >= 0.3 is 0 Å². The van der Waals surface area contributed by atoms with E-state index in [0.29, 0.717) is 0 Å². The van der Waals surface area contributed by atoms with Crippen LogP contribution in [0.25, 0.3) is 0 Å². The molecule has 108 valence electrons. The standard InChI is InChI=1S/C16H21NO3/c1-4-17-14(11-12-7-6-10-20-12)13-8-5-9-15(18-2)16(13)19-3/h5-10,14,17H,4,11H2,1-3H3. The molecule has 0 bridgehead atoms. The Morgan fingerprint density at radius 2 is 2.00 bits per heavy atom. The van der Waals surface area contributed by atoms with Crippen LogP contribution < -0.4 is 14.8 Å². The van der Waals surface area contributed by atoms with E-state index in [1.54, 1.807) is 20.5 Å². The van der Waals surface area contributed by atoms with E-state index in [9.17, 15) is 0 Å². The van der Waals surface area contributed by atoms with Gasteiger partial charge in [-0.1, -0.05) is 19.1 Å². The second kappa shape index (κ2) is 7.01. The molecule has 4 heteroatoms. The normalized spacial score (nSPS) is 12.2. The van der Waals surface area contributed by atoms with Gasteiger partial charge in [0, 0.05) is 18.0 Å². The minimum absolute atomic E-state index is 0.121. The summed E-state index contributed by atoms with van der Waals surface area (Å²) in [7, 11) is 3.31. The van der Waals surface area contributed by atoms with E-state index in [1.165, 1.54) is 0 Å². The van der Waals surface area contributed by atoms with Gasteiger partial charge in [-0.2, -0.15) is 0 Å². The summed E-state index contributed by atoms with van der Waals surface area (Å²) in [6, 6.07) is 9.94. The summed E-state index contributed by atoms with van der Waals surface area (Å²) in [6.07, 6.45) is 2.46. The molecule has 1 atom stereocenters. The Bertz CT molecular complexity index is 523. The highest BCUT2D eigenvalue weighted by atomic mass is 16.5. The average Bonchev–Trinajstić information content (AvgIpc) is 2.98. The third-order valence-corrected chi connectivity index (χ3v) is 3.24. The lowest BCUT2D eigenvalue weighted by molar-refractivity contribution is 0.345. The van der Waals surface area contributed by atoms with Crippen molar-refractivity contribution in [3.05, 3.63) is 47.9 Å². The Morgan fingerprint density at radius 3 is 2.60 bits per heavy atom. The first-order valence-corrected chi connectivity index (χ1v) is 6.76. The van der Waals surface area contributed by atoms with E-state index in [2.05, 4.69) is 18.3 Å². The SMILES string of the molecule is CCNC(Cc1ccco1)c1cccc(OC)c1OC. The van der Waals surface area contributed by atoms with Crippen molar-refractivity contribution in [2.75, 3.05) is 20.8 Å². The zero-order chi connectivity index (χ0) is 14.4. The maximum Gasteiger partial charge on any atom is 0.165 e. The second-order valence-electron chi connectivity index (χ2n) is 4.48. The lowest BCUT2D eigenvalue weighted by atomic mass is 10.0. The van der Waals surface area contributed by atoms with Crippen LogP contribution in [0.5, 0.6) is 11.5 Å². The maximum absolute atomic E-state index is 5.52. The zero-order valence-electron chi connectivity index (χ0n) is 12.2. The molecule has 20 heavy (non-hydrogen) atoms. The summed E-state index contributed by atoms with van der Waals surface area (Å²) in [5.74, 6) is 2.46. The third-order valence-electron chi connectivity index (χ3n) is 3.24. The molecule has 1 aromatic carbocycles. The lowest BCUT2D eigenvalue weighted by Crippen LogP contribution is -2.23. The number of nitrogens with one attached hydrogen (secondary N) is 1. The summed E-state index contributed by atoms with van der Waals surface area (Å²) in [5.41, 5.74) is 1.07. The Balaban J connectivity index is 2.33. The van der Waals surface area contributed by atoms with Crippen molar-refractivity contribution < 1.29 is 13.9 Å². The van der Waals surface area contributed by atoms with Crippen LogP contribution >= 0.6 is 0 Å². The van der Waals surface area contributed by atoms with E-state index < -0.39 is 0 Å². The van der Waals surface area contributed by atoms with E-state index in [1.807, 2.05) is 24.3 Å². The number of furan rings is 1. The van der Waals surface area contributed by atoms with Crippen LogP contribution in [-0.4, -0.2) is 20.8 Å². The van der Waals surface area contributed by atoms with Crippen molar-refractivity contribution >= 4 is 0 Å². The lowest BCUT2D eigenvalue weighted by Gasteiger charge is -2.21. The second-order valence-corrected chi connectivity index (χ2v) is 4.48. The molecule has 0 aliphatic rings. The summed E-state index contributed by atoms with van der Waals surface area (Å²) < 4.78 is 16.3. The number of hydrogen-bond acceptors (Lipinski definition) is 4. The fourth-order valence-corrected chi connectivity index (χ4v) is 2.35. The van der Waals surface area contributed by atoms with E-state index in [-0.39, 0.29) is 6.04 Å². The number of benzene rings is 1. The Hall–Kier alpha value is -1.94. The van der Waals surface area contributed by atoms with E-state index >= 15 is 0 Å². The molecule has 1 N–H and O–H groups in total. The molecule has 4 nitrogen and oxygen atoms in total. The number of likely N-dealkylation sites (N-methyl/N-ethyl adjacent to an activating group) is 1. The largest absolute Gasteiger partial charge is 0.493 e. The summed E-state index contributed by atoms with van der Waals surface area (Å²) in [5, 5.41) is 3.47. The van der Waals surface area contributed by atoms with Gasteiger partial charge in [0.25, 0.3) is 0 Å². The first kappa shape index (κ1) is 14.5. The van der Waals surface area contributed by atoms with Gasteiger partial charge in [-0.15, -0.1) is 0 Å². The zero-order valence-corrected chi connectivity index (χ0v) is 12.2. The number of ether oxygens (including phenoxy) is 2. The van der Waals surface area contributed by atoms with E-state index in [4.69, 9.17) is 13.9 Å². The highest BCUT2D eigenvalue weighted by Gasteiger charge is 2.19. The molecule has 0 saturated heterocycles. The van der Waals surface area contributed by atoms with Crippen LogP contribution in [-0.2, 0) is 6.42 Å². The third kappa shape index (κ3) is 3.14. The number of methoxy groups -OCH3 is 2. The molecule has 0 fully saturated rings. The smallest absolute Gasteiger partial charge is 0.165 e. The molecule has 2 aromatic rings. The van der Waals surface area contributed by atoms with Crippen LogP contribution in [0, 0.1) is 0 Å². The predicted octanol–water partition coefficient (Wildman–Crippen LogP) is 3.19. The van der Waals surface area contributed by atoms with Crippen molar-refractivity contribution in [2.45, 2.75) is 19.4 Å². The Labute approximate surface area is 119 Å². The molecule has 1 unspecified atom stereocenters. The van der Waals surface area contributed by atoms with Gasteiger partial charge in [-0.05, 0) is 24.7 Å². The summed E-state index contributed by atoms with van der Waals surface area (Å²) in [4.78, 5) is 0. The molecule has 0 saturated carbocycles. The van der Waals surface area contributed by atoms with Crippen molar-refractivity contribution in [1.82, 2.24) is 5.32 Å². The molecule has 0 amide bonds. The molecule has 1 aromatic heterocycles. The number of hydrogen-bond donors (Lipinski definition) is 1. The van der Waals surface area contributed by atoms with Crippen molar-refractivity contribution in [3.8, 4) is 11.5 Å². The molecule has 0 spiro atoms. The summed E-state index contributed by atoms with van der Waals surface area (Å²) >= 11 is 0. The molecule has 1 heterocycles. The molecule has 0 radical (unpaired) electrons. The molecule has 0 aliphatic carbocycles. The van der Waals surface area contributed by atoms with Gasteiger partial charge in [-0.3, -0.25) is 0 Å². The monoisotopic (exact) mass is 275 g/mol. The van der Waals surface area contributed by atoms with Crippen LogP contribution in [0.1, 0.15) is 24.3 Å². The van der Waals surface area contributed by atoms with Crippen LogP contribution in [0.15, 0.2) is 41.0 Å². The number of rotatable bonds is 7. The van der Waals surface area contributed by atoms with Gasteiger partial charge in [0.2, 0.25) is 0 Å². The van der Waals surface area contributed by atoms with Crippen LogP contribution in [0.4, 0.5) is 0 Å².